The highest BCUT2D eigenvalue weighted by atomic mass is 35.5. The first kappa shape index (κ1) is 11.4. The second-order valence-electron chi connectivity index (χ2n) is 2.51. The minimum absolute atomic E-state index is 0. The smallest absolute Gasteiger partial charge is 0.0585 e. The number of aliphatic hydroxyl groups is 1. The molecule has 3 nitrogen and oxygen atoms in total. The third-order valence-electron chi connectivity index (χ3n) is 1.46. The maximum absolute atomic E-state index is 8.65. The Morgan fingerprint density at radius 2 is 2.33 bits per heavy atom. The summed E-state index contributed by atoms with van der Waals surface area (Å²) in [6.45, 7) is 0.0227. The van der Waals surface area contributed by atoms with Gasteiger partial charge in [-0.15, -0.1) is 12.4 Å². The minimum Gasteiger partial charge on any atom is -0.395 e. The van der Waals surface area contributed by atoms with Crippen molar-refractivity contribution in [1.82, 2.24) is 4.98 Å². The molecule has 0 amide bonds. The van der Waals surface area contributed by atoms with Crippen molar-refractivity contribution in [3.8, 4) is 0 Å². The molecule has 0 aromatic carbocycles. The molecule has 1 rings (SSSR count). The lowest BCUT2D eigenvalue weighted by atomic mass is 10.1. The summed E-state index contributed by atoms with van der Waals surface area (Å²) in [7, 11) is 0. The van der Waals surface area contributed by atoms with Gasteiger partial charge in [0.2, 0.25) is 0 Å². The summed E-state index contributed by atoms with van der Waals surface area (Å²) >= 11 is 0. The van der Waals surface area contributed by atoms with Crippen LogP contribution in [0.25, 0.3) is 0 Å². The standard InChI is InChI=1S/C8H12N2O.ClH/c9-8(6-11)4-7-2-1-3-10-5-7;/h1-3,5,8,11H,4,6,9H2;1H. The second-order valence-corrected chi connectivity index (χ2v) is 2.51. The number of nitrogens with zero attached hydrogens (tertiary/aromatic N) is 1. The van der Waals surface area contributed by atoms with Crippen molar-refractivity contribution in [2.45, 2.75) is 12.5 Å². The molecule has 0 saturated heterocycles. The largest absolute Gasteiger partial charge is 0.395 e. The number of pyridine rings is 1. The highest BCUT2D eigenvalue weighted by Gasteiger charge is 2.00. The van der Waals surface area contributed by atoms with Crippen LogP contribution in [-0.2, 0) is 6.42 Å². The van der Waals surface area contributed by atoms with Crippen molar-refractivity contribution in [2.24, 2.45) is 5.73 Å². The number of hydrogen-bond acceptors (Lipinski definition) is 3. The number of nitrogens with two attached hydrogens (primary N) is 1. The van der Waals surface area contributed by atoms with Gasteiger partial charge in [-0.1, -0.05) is 6.07 Å². The van der Waals surface area contributed by atoms with Crippen LogP contribution >= 0.6 is 12.4 Å². The number of hydrogen-bond donors (Lipinski definition) is 2. The van der Waals surface area contributed by atoms with Gasteiger partial charge in [0.1, 0.15) is 0 Å². The molecule has 1 atom stereocenters. The lowest BCUT2D eigenvalue weighted by Gasteiger charge is -2.06. The Labute approximate surface area is 78.0 Å². The van der Waals surface area contributed by atoms with Crippen molar-refractivity contribution in [3.63, 3.8) is 0 Å². The predicted octanol–water partition coefficient (Wildman–Crippen LogP) is 0.365. The molecule has 1 unspecified atom stereocenters. The SMILES string of the molecule is Cl.NC(CO)Cc1cccnc1. The van der Waals surface area contributed by atoms with E-state index in [2.05, 4.69) is 4.98 Å². The molecule has 0 aliphatic carbocycles. The molecular weight excluding hydrogens is 176 g/mol. The lowest BCUT2D eigenvalue weighted by molar-refractivity contribution is 0.265. The summed E-state index contributed by atoms with van der Waals surface area (Å²) in [5, 5.41) is 8.65. The number of rotatable bonds is 3. The molecule has 1 aromatic rings. The maximum Gasteiger partial charge on any atom is 0.0585 e. The van der Waals surface area contributed by atoms with E-state index in [1.165, 1.54) is 0 Å². The zero-order valence-corrected chi connectivity index (χ0v) is 7.50. The van der Waals surface area contributed by atoms with Crippen LogP contribution in [0.1, 0.15) is 5.56 Å². The summed E-state index contributed by atoms with van der Waals surface area (Å²) in [6.07, 6.45) is 4.16. The summed E-state index contributed by atoms with van der Waals surface area (Å²) in [5.41, 5.74) is 6.59. The van der Waals surface area contributed by atoms with E-state index in [4.69, 9.17) is 10.8 Å². The van der Waals surface area contributed by atoms with Crippen LogP contribution in [0.2, 0.25) is 0 Å². The maximum atomic E-state index is 8.65. The Kier molecular flexibility index (Phi) is 5.62. The van der Waals surface area contributed by atoms with Crippen LogP contribution in [0.15, 0.2) is 24.5 Å². The minimum atomic E-state index is -0.167. The van der Waals surface area contributed by atoms with Gasteiger partial charge in [0.05, 0.1) is 6.61 Å². The van der Waals surface area contributed by atoms with Crippen molar-refractivity contribution < 1.29 is 5.11 Å². The van der Waals surface area contributed by atoms with E-state index in [0.717, 1.165) is 5.56 Å². The van der Waals surface area contributed by atoms with Crippen molar-refractivity contribution in [2.75, 3.05) is 6.61 Å². The molecule has 0 radical (unpaired) electrons. The fraction of sp³-hybridized carbons (Fsp3) is 0.375. The average molecular weight is 189 g/mol. The van der Waals surface area contributed by atoms with Crippen molar-refractivity contribution in [1.29, 1.82) is 0 Å². The number of halogens is 1. The zero-order valence-electron chi connectivity index (χ0n) is 6.68. The topological polar surface area (TPSA) is 59.1 Å². The lowest BCUT2D eigenvalue weighted by Crippen LogP contribution is -2.26. The molecule has 4 heteroatoms. The molecule has 0 saturated carbocycles. The van der Waals surface area contributed by atoms with Gasteiger partial charge < -0.3 is 10.8 Å². The van der Waals surface area contributed by atoms with E-state index in [-0.39, 0.29) is 25.1 Å². The number of aromatic nitrogens is 1. The van der Waals surface area contributed by atoms with Gasteiger partial charge in [-0.05, 0) is 18.1 Å². The first-order valence-electron chi connectivity index (χ1n) is 3.58. The van der Waals surface area contributed by atoms with Crippen LogP contribution in [-0.4, -0.2) is 22.7 Å². The van der Waals surface area contributed by atoms with E-state index in [9.17, 15) is 0 Å². The van der Waals surface area contributed by atoms with Crippen molar-refractivity contribution in [3.05, 3.63) is 30.1 Å². The Balaban J connectivity index is 0.00000121. The molecule has 0 aliphatic rings. The van der Waals surface area contributed by atoms with Gasteiger partial charge in [-0.2, -0.15) is 0 Å². The number of aliphatic hydroxyl groups excluding tert-OH is 1. The third-order valence-corrected chi connectivity index (χ3v) is 1.46. The molecule has 1 aromatic heterocycles. The molecule has 0 fully saturated rings. The van der Waals surface area contributed by atoms with Crippen molar-refractivity contribution >= 4 is 12.4 Å². The van der Waals surface area contributed by atoms with Crippen LogP contribution in [0.5, 0.6) is 0 Å². The fourth-order valence-corrected chi connectivity index (χ4v) is 0.886. The van der Waals surface area contributed by atoms with Crippen LogP contribution in [0, 0.1) is 0 Å². The molecule has 0 bridgehead atoms. The first-order valence-corrected chi connectivity index (χ1v) is 3.58. The van der Waals surface area contributed by atoms with E-state index in [1.54, 1.807) is 12.4 Å². The van der Waals surface area contributed by atoms with Gasteiger partial charge >= 0.3 is 0 Å². The van der Waals surface area contributed by atoms with Crippen LogP contribution in [0.4, 0.5) is 0 Å². The summed E-state index contributed by atoms with van der Waals surface area (Å²) < 4.78 is 0. The second kappa shape index (κ2) is 5.94. The predicted molar refractivity (Wildman–Crippen MR) is 50.3 cm³/mol. The Hall–Kier alpha value is -0.640. The van der Waals surface area contributed by atoms with E-state index < -0.39 is 0 Å². The molecule has 12 heavy (non-hydrogen) atoms. The molecule has 3 N–H and O–H groups in total. The van der Waals surface area contributed by atoms with Crippen LogP contribution < -0.4 is 5.73 Å². The van der Waals surface area contributed by atoms with Crippen LogP contribution in [0.3, 0.4) is 0 Å². The van der Waals surface area contributed by atoms with E-state index in [1.807, 2.05) is 12.1 Å². The highest BCUT2D eigenvalue weighted by Crippen LogP contribution is 1.98. The Bertz CT molecular complexity index is 205. The average Bonchev–Trinajstić information content (AvgIpc) is 2.06. The quantitative estimate of drug-likeness (QED) is 0.721. The van der Waals surface area contributed by atoms with E-state index in [0.29, 0.717) is 6.42 Å². The molecule has 0 spiro atoms. The normalized spacial score (nSPS) is 11.8. The Morgan fingerprint density at radius 3 is 2.83 bits per heavy atom. The van der Waals surface area contributed by atoms with Gasteiger partial charge in [-0.25, -0.2) is 0 Å². The summed E-state index contributed by atoms with van der Waals surface area (Å²) in [4.78, 5) is 3.93. The first-order chi connectivity index (χ1) is 5.33. The van der Waals surface area contributed by atoms with Gasteiger partial charge in [0.15, 0.2) is 0 Å². The summed E-state index contributed by atoms with van der Waals surface area (Å²) in [6, 6.07) is 3.64. The third kappa shape index (κ3) is 3.67. The fourth-order valence-electron chi connectivity index (χ4n) is 0.886. The van der Waals surface area contributed by atoms with Gasteiger partial charge in [0, 0.05) is 18.4 Å². The summed E-state index contributed by atoms with van der Waals surface area (Å²) in [5.74, 6) is 0. The van der Waals surface area contributed by atoms with E-state index >= 15 is 0 Å². The monoisotopic (exact) mass is 188 g/mol. The molecule has 0 aliphatic heterocycles. The highest BCUT2D eigenvalue weighted by molar-refractivity contribution is 5.85. The molecule has 68 valence electrons. The van der Waals surface area contributed by atoms with Gasteiger partial charge in [-0.3, -0.25) is 4.98 Å². The zero-order chi connectivity index (χ0) is 8.10. The van der Waals surface area contributed by atoms with Gasteiger partial charge in [0.25, 0.3) is 0 Å². The molecular formula is C8H13ClN2O. The Morgan fingerprint density at radius 1 is 1.58 bits per heavy atom. The molecule has 1 heterocycles.